The molecule has 2 aromatic rings. The average molecular weight is 430 g/mol. The number of rotatable bonds is 7. The van der Waals surface area contributed by atoms with Gasteiger partial charge in [0.25, 0.3) is 0 Å². The van der Waals surface area contributed by atoms with E-state index in [1.54, 1.807) is 6.20 Å². The van der Waals surface area contributed by atoms with Crippen molar-refractivity contribution in [2.45, 2.75) is 49.7 Å². The van der Waals surface area contributed by atoms with Crippen molar-refractivity contribution in [3.05, 3.63) is 48.5 Å². The molecule has 5 nitrogen and oxygen atoms in total. The van der Waals surface area contributed by atoms with E-state index in [1.165, 1.54) is 11.4 Å². The Hall–Kier alpha value is -1.87. The van der Waals surface area contributed by atoms with Gasteiger partial charge in [0.05, 0.1) is 16.8 Å². The molecule has 1 saturated carbocycles. The van der Waals surface area contributed by atoms with Gasteiger partial charge in [-0.15, -0.1) is 0 Å². The van der Waals surface area contributed by atoms with Crippen LogP contribution in [0.3, 0.4) is 0 Å². The fourth-order valence-electron chi connectivity index (χ4n) is 3.88. The minimum absolute atomic E-state index is 0.114. The lowest BCUT2D eigenvalue weighted by Crippen LogP contribution is -2.30. The third-order valence-corrected chi connectivity index (χ3v) is 7.61. The van der Waals surface area contributed by atoms with Gasteiger partial charge in [0.15, 0.2) is 0 Å². The molecule has 1 aromatic heterocycles. The molecule has 1 heterocycles. The third kappa shape index (κ3) is 5.60. The van der Waals surface area contributed by atoms with Crippen LogP contribution >= 0.6 is 0 Å². The van der Waals surface area contributed by atoms with Crippen LogP contribution in [0.15, 0.2) is 47.9 Å². The fourth-order valence-corrected chi connectivity index (χ4v) is 5.06. The van der Waals surface area contributed by atoms with E-state index in [4.69, 9.17) is 0 Å². The Labute approximate surface area is 169 Å². The summed E-state index contributed by atoms with van der Waals surface area (Å²) in [6.45, 7) is 1.33. The van der Waals surface area contributed by atoms with Gasteiger partial charge in [0.2, 0.25) is 10.0 Å². The quantitative estimate of drug-likeness (QED) is 0.655. The van der Waals surface area contributed by atoms with E-state index in [-0.39, 0.29) is 4.90 Å². The van der Waals surface area contributed by atoms with Crippen LogP contribution in [0.4, 0.5) is 13.2 Å². The Morgan fingerprint density at radius 3 is 2.28 bits per heavy atom. The first-order chi connectivity index (χ1) is 13.7. The van der Waals surface area contributed by atoms with Gasteiger partial charge in [0, 0.05) is 32.5 Å². The zero-order valence-corrected chi connectivity index (χ0v) is 17.2. The van der Waals surface area contributed by atoms with Crippen LogP contribution in [0.1, 0.15) is 37.7 Å². The number of nitrogens with zero attached hydrogens (tertiary/aromatic N) is 3. The summed E-state index contributed by atoms with van der Waals surface area (Å²) in [6, 6.07) is 3.66. The number of imidazole rings is 1. The monoisotopic (exact) mass is 429 g/mol. The van der Waals surface area contributed by atoms with Gasteiger partial charge in [-0.3, -0.25) is 0 Å². The predicted octanol–water partition coefficient (Wildman–Crippen LogP) is 4.42. The van der Waals surface area contributed by atoms with Crippen molar-refractivity contribution in [1.29, 1.82) is 0 Å². The molecule has 0 amide bonds. The van der Waals surface area contributed by atoms with Gasteiger partial charge in [-0.1, -0.05) is 12.8 Å². The summed E-state index contributed by atoms with van der Waals surface area (Å²) in [5, 5.41) is 0. The SMILES string of the molecule is CN(CC[C@H]1CC[C@H](Cn2ccnc2)CC1)S(=O)(=O)c1ccc(C(F)(F)F)cc1. The van der Waals surface area contributed by atoms with E-state index in [1.807, 2.05) is 12.5 Å². The first-order valence-corrected chi connectivity index (χ1v) is 11.2. The Morgan fingerprint density at radius 1 is 1.10 bits per heavy atom. The summed E-state index contributed by atoms with van der Waals surface area (Å²) >= 11 is 0. The summed E-state index contributed by atoms with van der Waals surface area (Å²) in [5.41, 5.74) is -0.855. The van der Waals surface area contributed by atoms with E-state index in [0.29, 0.717) is 18.4 Å². The van der Waals surface area contributed by atoms with Crippen LogP contribution in [0.5, 0.6) is 0 Å². The average Bonchev–Trinajstić information content (AvgIpc) is 3.19. The molecular formula is C20H26F3N3O2S. The second-order valence-electron chi connectivity index (χ2n) is 7.78. The molecule has 0 N–H and O–H groups in total. The van der Waals surface area contributed by atoms with Gasteiger partial charge < -0.3 is 4.57 Å². The molecule has 0 bridgehead atoms. The highest BCUT2D eigenvalue weighted by Gasteiger charge is 2.31. The highest BCUT2D eigenvalue weighted by atomic mass is 32.2. The Kier molecular flexibility index (Phi) is 6.68. The topological polar surface area (TPSA) is 55.2 Å². The van der Waals surface area contributed by atoms with Crippen LogP contribution in [-0.4, -0.2) is 35.9 Å². The maximum Gasteiger partial charge on any atom is 0.416 e. The molecule has 29 heavy (non-hydrogen) atoms. The molecule has 160 valence electrons. The smallest absolute Gasteiger partial charge is 0.337 e. The van der Waals surface area contributed by atoms with Crippen molar-refractivity contribution in [1.82, 2.24) is 13.9 Å². The first-order valence-electron chi connectivity index (χ1n) is 9.75. The molecule has 0 saturated heterocycles. The molecule has 3 rings (SSSR count). The molecule has 1 aliphatic carbocycles. The van der Waals surface area contributed by atoms with Crippen LogP contribution < -0.4 is 0 Å². The molecule has 0 atom stereocenters. The van der Waals surface area contributed by atoms with Crippen molar-refractivity contribution >= 4 is 10.0 Å². The minimum Gasteiger partial charge on any atom is -0.337 e. The van der Waals surface area contributed by atoms with E-state index >= 15 is 0 Å². The van der Waals surface area contributed by atoms with Crippen LogP contribution in [0.2, 0.25) is 0 Å². The molecule has 9 heteroatoms. The number of hydrogen-bond donors (Lipinski definition) is 0. The van der Waals surface area contributed by atoms with E-state index in [2.05, 4.69) is 9.55 Å². The van der Waals surface area contributed by atoms with Crippen molar-refractivity contribution in [2.24, 2.45) is 11.8 Å². The molecule has 1 fully saturated rings. The molecular weight excluding hydrogens is 403 g/mol. The molecule has 0 radical (unpaired) electrons. The number of alkyl halides is 3. The van der Waals surface area contributed by atoms with Crippen LogP contribution in [0, 0.1) is 11.8 Å². The summed E-state index contributed by atoms with van der Waals surface area (Å²) in [6.07, 6.45) is 6.19. The highest BCUT2D eigenvalue weighted by Crippen LogP contribution is 2.33. The van der Waals surface area contributed by atoms with Gasteiger partial charge in [-0.2, -0.15) is 13.2 Å². The summed E-state index contributed by atoms with van der Waals surface area (Å²) in [7, 11) is -2.31. The number of halogens is 3. The van der Waals surface area contributed by atoms with Crippen molar-refractivity contribution in [2.75, 3.05) is 13.6 Å². The van der Waals surface area contributed by atoms with Crippen LogP contribution in [0.25, 0.3) is 0 Å². The van der Waals surface area contributed by atoms with E-state index < -0.39 is 21.8 Å². The molecule has 1 aliphatic rings. The maximum absolute atomic E-state index is 12.7. The van der Waals surface area contributed by atoms with Gasteiger partial charge in [-0.05, 0) is 55.4 Å². The molecule has 0 spiro atoms. The number of aromatic nitrogens is 2. The number of sulfonamides is 1. The van der Waals surface area contributed by atoms with Crippen molar-refractivity contribution < 1.29 is 21.6 Å². The summed E-state index contributed by atoms with van der Waals surface area (Å²) in [5.74, 6) is 1.09. The van der Waals surface area contributed by atoms with Crippen molar-refractivity contribution in [3.63, 3.8) is 0 Å². The highest BCUT2D eigenvalue weighted by molar-refractivity contribution is 7.89. The summed E-state index contributed by atoms with van der Waals surface area (Å²) in [4.78, 5) is 3.95. The number of hydrogen-bond acceptors (Lipinski definition) is 3. The Morgan fingerprint density at radius 2 is 1.72 bits per heavy atom. The van der Waals surface area contributed by atoms with E-state index in [9.17, 15) is 21.6 Å². The Bertz CT molecular complexity index is 873. The second-order valence-corrected chi connectivity index (χ2v) is 9.83. The van der Waals surface area contributed by atoms with Gasteiger partial charge >= 0.3 is 6.18 Å². The molecule has 1 aromatic carbocycles. The van der Waals surface area contributed by atoms with Gasteiger partial charge in [0.1, 0.15) is 0 Å². The van der Waals surface area contributed by atoms with Gasteiger partial charge in [-0.25, -0.2) is 17.7 Å². The largest absolute Gasteiger partial charge is 0.416 e. The second kappa shape index (κ2) is 8.87. The molecule has 0 unspecified atom stereocenters. The van der Waals surface area contributed by atoms with Crippen LogP contribution in [-0.2, 0) is 22.7 Å². The standard InChI is InChI=1S/C20H26F3N3O2S/c1-25(29(27,28)19-8-6-18(7-9-19)20(21,22)23)12-10-16-2-4-17(5-3-16)14-26-13-11-24-15-26/h6-9,11,13,15-17H,2-5,10,12,14H2,1H3/t16-,17-. The zero-order valence-electron chi connectivity index (χ0n) is 16.3. The van der Waals surface area contributed by atoms with E-state index in [0.717, 1.165) is 62.9 Å². The third-order valence-electron chi connectivity index (χ3n) is 5.74. The lowest BCUT2D eigenvalue weighted by atomic mass is 9.80. The first kappa shape index (κ1) is 21.8. The van der Waals surface area contributed by atoms with Crippen molar-refractivity contribution in [3.8, 4) is 0 Å². The zero-order chi connectivity index (χ0) is 21.1. The lowest BCUT2D eigenvalue weighted by molar-refractivity contribution is -0.137. The normalized spacial score (nSPS) is 20.9. The number of benzene rings is 1. The minimum atomic E-state index is -4.48. The fraction of sp³-hybridized carbons (Fsp3) is 0.550. The molecule has 0 aliphatic heterocycles. The summed E-state index contributed by atoms with van der Waals surface area (Å²) < 4.78 is 66.6. The predicted molar refractivity (Wildman–Crippen MR) is 104 cm³/mol. The lowest BCUT2D eigenvalue weighted by Gasteiger charge is -2.29. The maximum atomic E-state index is 12.7. The Balaban J connectivity index is 1.49.